The minimum Gasteiger partial charge on any atom is -0.487 e. The zero-order valence-corrected chi connectivity index (χ0v) is 10.7. The Morgan fingerprint density at radius 2 is 1.90 bits per heavy atom. The van der Waals surface area contributed by atoms with Crippen LogP contribution in [0.3, 0.4) is 0 Å². The molecule has 0 fully saturated rings. The van der Waals surface area contributed by atoms with Crippen LogP contribution < -0.4 is 4.74 Å². The predicted molar refractivity (Wildman–Crippen MR) is 76.0 cm³/mol. The summed E-state index contributed by atoms with van der Waals surface area (Å²) in [4.78, 5) is 14.3. The molecular formula is C16H13NO3. The van der Waals surface area contributed by atoms with Gasteiger partial charge in [-0.2, -0.15) is 0 Å². The Morgan fingerprint density at radius 1 is 1.10 bits per heavy atom. The summed E-state index contributed by atoms with van der Waals surface area (Å²) in [5.74, 6) is -0.144. The number of aromatic amines is 1. The lowest BCUT2D eigenvalue weighted by Crippen LogP contribution is -1.95. The van der Waals surface area contributed by atoms with Crippen molar-refractivity contribution in [1.29, 1.82) is 0 Å². The summed E-state index contributed by atoms with van der Waals surface area (Å²) in [6.07, 6.45) is 0. The Hall–Kier alpha value is -2.75. The molecule has 0 unspecified atom stereocenters. The number of fused-ring (bicyclic) bond motifs is 1. The zero-order valence-electron chi connectivity index (χ0n) is 10.7. The van der Waals surface area contributed by atoms with E-state index in [1.54, 1.807) is 12.1 Å². The van der Waals surface area contributed by atoms with Crippen LogP contribution in [0.15, 0.2) is 54.6 Å². The van der Waals surface area contributed by atoms with E-state index in [-0.39, 0.29) is 0 Å². The Morgan fingerprint density at radius 3 is 2.65 bits per heavy atom. The second-order valence-electron chi connectivity index (χ2n) is 4.47. The number of rotatable bonds is 4. The number of H-pyrrole nitrogens is 1. The highest BCUT2D eigenvalue weighted by Gasteiger charge is 2.10. The molecule has 2 aromatic carbocycles. The molecule has 2 N–H and O–H groups in total. The maximum atomic E-state index is 11.2. The van der Waals surface area contributed by atoms with Gasteiger partial charge in [0.05, 0.1) is 11.3 Å². The highest BCUT2D eigenvalue weighted by molar-refractivity contribution is 6.03. The number of carbonyl (C=O) groups is 1. The van der Waals surface area contributed by atoms with Gasteiger partial charge in [0.1, 0.15) is 12.4 Å². The molecular weight excluding hydrogens is 254 g/mol. The molecule has 0 saturated heterocycles. The van der Waals surface area contributed by atoms with Gasteiger partial charge in [-0.1, -0.05) is 24.3 Å². The fraction of sp³-hybridized carbons (Fsp3) is 0.0625. The lowest BCUT2D eigenvalue weighted by Gasteiger charge is -2.03. The van der Waals surface area contributed by atoms with E-state index in [1.807, 2.05) is 42.5 Å². The van der Waals surface area contributed by atoms with Crippen molar-refractivity contribution in [2.45, 2.75) is 6.61 Å². The van der Waals surface area contributed by atoms with Gasteiger partial charge in [0.25, 0.3) is 0 Å². The molecule has 20 heavy (non-hydrogen) atoms. The molecule has 0 aliphatic rings. The number of nitrogens with one attached hydrogen (secondary N) is 1. The maximum absolute atomic E-state index is 11.2. The van der Waals surface area contributed by atoms with Crippen molar-refractivity contribution in [2.75, 3.05) is 0 Å². The minimum absolute atomic E-state index is 0.296. The summed E-state index contributed by atoms with van der Waals surface area (Å²) in [7, 11) is 0. The van der Waals surface area contributed by atoms with Crippen LogP contribution in [0.2, 0.25) is 0 Å². The van der Waals surface area contributed by atoms with Crippen LogP contribution in [-0.2, 0) is 6.61 Å². The first-order valence-corrected chi connectivity index (χ1v) is 6.26. The van der Waals surface area contributed by atoms with Crippen molar-refractivity contribution in [3.8, 4) is 5.75 Å². The van der Waals surface area contributed by atoms with Gasteiger partial charge in [-0.25, -0.2) is 4.79 Å². The van der Waals surface area contributed by atoms with E-state index in [4.69, 9.17) is 9.84 Å². The van der Waals surface area contributed by atoms with E-state index in [2.05, 4.69) is 4.98 Å². The predicted octanol–water partition coefficient (Wildman–Crippen LogP) is 3.45. The van der Waals surface area contributed by atoms with Gasteiger partial charge in [-0.15, -0.1) is 0 Å². The van der Waals surface area contributed by atoms with Gasteiger partial charge in [-0.3, -0.25) is 0 Å². The van der Waals surface area contributed by atoms with Crippen molar-refractivity contribution in [2.24, 2.45) is 0 Å². The van der Waals surface area contributed by atoms with Crippen molar-refractivity contribution in [1.82, 2.24) is 4.98 Å². The molecule has 100 valence electrons. The average Bonchev–Trinajstić information content (AvgIpc) is 2.88. The van der Waals surface area contributed by atoms with Gasteiger partial charge < -0.3 is 14.8 Å². The number of ether oxygens (including phenoxy) is 1. The third kappa shape index (κ3) is 2.36. The van der Waals surface area contributed by atoms with E-state index < -0.39 is 5.97 Å². The normalized spacial score (nSPS) is 10.6. The van der Waals surface area contributed by atoms with Crippen LogP contribution in [-0.4, -0.2) is 16.1 Å². The van der Waals surface area contributed by atoms with Gasteiger partial charge >= 0.3 is 5.97 Å². The summed E-state index contributed by atoms with van der Waals surface area (Å²) in [5, 5.41) is 9.86. The second-order valence-corrected chi connectivity index (χ2v) is 4.47. The molecule has 0 amide bonds. The van der Waals surface area contributed by atoms with Crippen molar-refractivity contribution in [3.63, 3.8) is 0 Å². The highest BCUT2D eigenvalue weighted by atomic mass is 16.5. The zero-order chi connectivity index (χ0) is 13.9. The number of para-hydroxylation sites is 1. The molecule has 0 saturated carbocycles. The van der Waals surface area contributed by atoms with Gasteiger partial charge in [0, 0.05) is 10.9 Å². The first-order valence-electron chi connectivity index (χ1n) is 6.26. The summed E-state index contributed by atoms with van der Waals surface area (Å²) < 4.78 is 5.64. The van der Waals surface area contributed by atoms with Crippen LogP contribution >= 0.6 is 0 Å². The molecule has 3 rings (SSSR count). The molecule has 0 bridgehead atoms. The molecule has 0 aliphatic carbocycles. The van der Waals surface area contributed by atoms with Crippen LogP contribution in [0.25, 0.3) is 10.9 Å². The second kappa shape index (κ2) is 5.09. The molecule has 1 aromatic heterocycles. The third-order valence-corrected chi connectivity index (χ3v) is 3.09. The number of aromatic nitrogens is 1. The fourth-order valence-corrected chi connectivity index (χ4v) is 2.16. The molecule has 4 heteroatoms. The Bertz CT molecular complexity index is 747. The topological polar surface area (TPSA) is 62.3 Å². The van der Waals surface area contributed by atoms with Crippen molar-refractivity contribution < 1.29 is 14.6 Å². The summed E-state index contributed by atoms with van der Waals surface area (Å²) in [6, 6.07) is 16.5. The number of carboxylic acids is 1. The SMILES string of the molecule is O=C(O)c1cccc2[nH]c(COc3ccccc3)cc12. The van der Waals surface area contributed by atoms with Gasteiger partial charge in [-0.05, 0) is 30.3 Å². The number of aromatic carboxylic acids is 1. The average molecular weight is 267 g/mol. The Balaban J connectivity index is 1.86. The standard InChI is InChI=1S/C16H13NO3/c18-16(19)13-7-4-8-15-14(13)9-11(17-15)10-20-12-5-2-1-3-6-12/h1-9,17H,10H2,(H,18,19). The monoisotopic (exact) mass is 267 g/mol. The lowest BCUT2D eigenvalue weighted by atomic mass is 10.1. The highest BCUT2D eigenvalue weighted by Crippen LogP contribution is 2.21. The maximum Gasteiger partial charge on any atom is 0.336 e. The summed E-state index contributed by atoms with van der Waals surface area (Å²) >= 11 is 0. The first-order chi connectivity index (χ1) is 9.74. The molecule has 0 radical (unpaired) electrons. The number of carboxylic acid groups (broad SMARTS) is 1. The first kappa shape index (κ1) is 12.3. The largest absolute Gasteiger partial charge is 0.487 e. The minimum atomic E-state index is -0.926. The molecule has 3 aromatic rings. The molecule has 0 aliphatic heterocycles. The van der Waals surface area contributed by atoms with Gasteiger partial charge in [0.15, 0.2) is 0 Å². The Kier molecular flexibility index (Phi) is 3.13. The fourth-order valence-electron chi connectivity index (χ4n) is 2.16. The van der Waals surface area contributed by atoms with E-state index in [9.17, 15) is 4.79 Å². The lowest BCUT2D eigenvalue weighted by molar-refractivity contribution is 0.0699. The van der Waals surface area contributed by atoms with Crippen LogP contribution in [0.1, 0.15) is 16.1 Å². The third-order valence-electron chi connectivity index (χ3n) is 3.09. The summed E-state index contributed by atoms with van der Waals surface area (Å²) in [6.45, 7) is 0.373. The number of benzene rings is 2. The van der Waals surface area contributed by atoms with Crippen LogP contribution in [0.5, 0.6) is 5.75 Å². The van der Waals surface area contributed by atoms with Crippen molar-refractivity contribution >= 4 is 16.9 Å². The molecule has 1 heterocycles. The quantitative estimate of drug-likeness (QED) is 0.761. The summed E-state index contributed by atoms with van der Waals surface area (Å²) in [5.41, 5.74) is 1.94. The van der Waals surface area contributed by atoms with E-state index in [1.165, 1.54) is 0 Å². The molecule has 0 atom stereocenters. The molecule has 0 spiro atoms. The smallest absolute Gasteiger partial charge is 0.336 e. The van der Waals surface area contributed by atoms with E-state index >= 15 is 0 Å². The number of hydrogen-bond acceptors (Lipinski definition) is 2. The van der Waals surface area contributed by atoms with Crippen molar-refractivity contribution in [3.05, 3.63) is 65.9 Å². The van der Waals surface area contributed by atoms with Gasteiger partial charge in [0.2, 0.25) is 0 Å². The van der Waals surface area contributed by atoms with Crippen LogP contribution in [0.4, 0.5) is 0 Å². The van der Waals surface area contributed by atoms with E-state index in [0.717, 1.165) is 17.0 Å². The van der Waals surface area contributed by atoms with E-state index in [0.29, 0.717) is 17.6 Å². The Labute approximate surface area is 115 Å². The molecule has 4 nitrogen and oxygen atoms in total. The van der Waals surface area contributed by atoms with Crippen LogP contribution in [0, 0.1) is 0 Å². The number of hydrogen-bond donors (Lipinski definition) is 2.